The Morgan fingerprint density at radius 2 is 1.68 bits per heavy atom. The van der Waals surface area contributed by atoms with Gasteiger partial charge in [0.05, 0.1) is 15.6 Å². The first-order valence-corrected chi connectivity index (χ1v) is 8.50. The van der Waals surface area contributed by atoms with E-state index in [1.54, 1.807) is 12.1 Å². The molecule has 0 heterocycles. The molecule has 0 saturated carbocycles. The summed E-state index contributed by atoms with van der Waals surface area (Å²) in [5.41, 5.74) is 3.85. The molecule has 0 unspecified atom stereocenters. The minimum Gasteiger partial charge on any atom is -0.449 e. The van der Waals surface area contributed by atoms with Crippen molar-refractivity contribution in [3.8, 4) is 0 Å². The summed E-state index contributed by atoms with van der Waals surface area (Å²) in [5.74, 6) is -1.12. The number of benzene rings is 2. The Kier molecular flexibility index (Phi) is 6.09. The van der Waals surface area contributed by atoms with Crippen LogP contribution in [0.3, 0.4) is 0 Å². The van der Waals surface area contributed by atoms with E-state index in [2.05, 4.69) is 5.32 Å². The van der Waals surface area contributed by atoms with Crippen LogP contribution < -0.4 is 5.32 Å². The maximum absolute atomic E-state index is 12.4. The maximum atomic E-state index is 12.4. The molecule has 0 spiro atoms. The van der Waals surface area contributed by atoms with Gasteiger partial charge in [0.1, 0.15) is 0 Å². The van der Waals surface area contributed by atoms with Crippen molar-refractivity contribution in [2.75, 3.05) is 5.32 Å². The molecule has 6 heteroatoms. The van der Waals surface area contributed by atoms with Gasteiger partial charge < -0.3 is 10.1 Å². The third-order valence-electron chi connectivity index (χ3n) is 3.75. The first kappa shape index (κ1) is 19.3. The Bertz CT molecular complexity index is 810. The second kappa shape index (κ2) is 7.89. The number of hydrogen-bond acceptors (Lipinski definition) is 3. The van der Waals surface area contributed by atoms with Crippen molar-refractivity contribution < 1.29 is 14.3 Å². The largest absolute Gasteiger partial charge is 0.449 e. The van der Waals surface area contributed by atoms with Crippen LogP contribution in [0, 0.1) is 20.8 Å². The van der Waals surface area contributed by atoms with Crippen LogP contribution in [-0.4, -0.2) is 18.0 Å². The molecule has 1 amide bonds. The van der Waals surface area contributed by atoms with E-state index in [4.69, 9.17) is 27.9 Å². The van der Waals surface area contributed by atoms with Gasteiger partial charge in [0.25, 0.3) is 5.91 Å². The van der Waals surface area contributed by atoms with E-state index in [9.17, 15) is 9.59 Å². The minimum atomic E-state index is -0.984. The SMILES string of the molecule is Cc1cc(C)c(NC(=O)[C@H](C)OC(=O)c2cccc(Cl)c2Cl)c(C)c1. The minimum absolute atomic E-state index is 0.104. The van der Waals surface area contributed by atoms with Crippen LogP contribution in [0.5, 0.6) is 0 Å². The van der Waals surface area contributed by atoms with Crippen LogP contribution in [0.2, 0.25) is 10.0 Å². The highest BCUT2D eigenvalue weighted by Crippen LogP contribution is 2.26. The lowest BCUT2D eigenvalue weighted by atomic mass is 10.0. The fourth-order valence-corrected chi connectivity index (χ4v) is 2.92. The third-order valence-corrected chi connectivity index (χ3v) is 4.57. The van der Waals surface area contributed by atoms with Crippen molar-refractivity contribution in [2.45, 2.75) is 33.8 Å². The molecule has 1 N–H and O–H groups in total. The quantitative estimate of drug-likeness (QED) is 0.751. The Morgan fingerprint density at radius 1 is 1.08 bits per heavy atom. The molecule has 0 aromatic heterocycles. The molecular formula is C19H19Cl2NO3. The number of nitrogens with one attached hydrogen (secondary N) is 1. The Labute approximate surface area is 157 Å². The monoisotopic (exact) mass is 379 g/mol. The van der Waals surface area contributed by atoms with Gasteiger partial charge in [0, 0.05) is 5.69 Å². The lowest BCUT2D eigenvalue weighted by molar-refractivity contribution is -0.123. The van der Waals surface area contributed by atoms with E-state index in [0.717, 1.165) is 22.4 Å². The highest BCUT2D eigenvalue weighted by molar-refractivity contribution is 6.43. The average Bonchev–Trinajstić information content (AvgIpc) is 2.52. The number of amides is 1. The molecule has 0 radical (unpaired) electrons. The highest BCUT2D eigenvalue weighted by atomic mass is 35.5. The number of carbonyl (C=O) groups excluding carboxylic acids is 2. The smallest absolute Gasteiger partial charge is 0.340 e. The van der Waals surface area contributed by atoms with Gasteiger partial charge in [-0.15, -0.1) is 0 Å². The molecule has 0 bridgehead atoms. The number of halogens is 2. The molecule has 0 saturated heterocycles. The predicted molar refractivity (Wildman–Crippen MR) is 101 cm³/mol. The average molecular weight is 380 g/mol. The number of aryl methyl sites for hydroxylation is 3. The molecule has 4 nitrogen and oxygen atoms in total. The third kappa shape index (κ3) is 4.53. The molecule has 1 atom stereocenters. The second-order valence-electron chi connectivity index (χ2n) is 5.91. The van der Waals surface area contributed by atoms with Gasteiger partial charge in [0.15, 0.2) is 6.10 Å². The van der Waals surface area contributed by atoms with Crippen LogP contribution in [0.15, 0.2) is 30.3 Å². The van der Waals surface area contributed by atoms with Crippen molar-refractivity contribution in [1.29, 1.82) is 0 Å². The lowest BCUT2D eigenvalue weighted by Crippen LogP contribution is -2.30. The van der Waals surface area contributed by atoms with Crippen molar-refractivity contribution in [2.24, 2.45) is 0 Å². The van der Waals surface area contributed by atoms with Gasteiger partial charge >= 0.3 is 5.97 Å². The molecule has 0 aliphatic carbocycles. The zero-order chi connectivity index (χ0) is 18.7. The molecule has 0 aliphatic rings. The first-order chi connectivity index (χ1) is 11.7. The van der Waals surface area contributed by atoms with Gasteiger partial charge in [0.2, 0.25) is 0 Å². The van der Waals surface area contributed by atoms with Gasteiger partial charge in [-0.25, -0.2) is 4.79 Å². The molecular weight excluding hydrogens is 361 g/mol. The summed E-state index contributed by atoms with van der Waals surface area (Å²) in [7, 11) is 0. The van der Waals surface area contributed by atoms with E-state index in [0.29, 0.717) is 0 Å². The fraction of sp³-hybridized carbons (Fsp3) is 0.263. The Balaban J connectivity index is 2.11. The topological polar surface area (TPSA) is 55.4 Å². The van der Waals surface area contributed by atoms with Gasteiger partial charge in [-0.05, 0) is 51.0 Å². The van der Waals surface area contributed by atoms with Crippen molar-refractivity contribution >= 4 is 40.8 Å². The summed E-state index contributed by atoms with van der Waals surface area (Å²) in [4.78, 5) is 24.6. The number of ether oxygens (including phenoxy) is 1. The van der Waals surface area contributed by atoms with E-state index in [1.807, 2.05) is 32.9 Å². The summed E-state index contributed by atoms with van der Waals surface area (Å²) in [5, 5.41) is 3.17. The molecule has 0 aliphatic heterocycles. The number of anilines is 1. The maximum Gasteiger partial charge on any atom is 0.340 e. The summed E-state index contributed by atoms with van der Waals surface area (Å²) in [6, 6.07) is 8.61. The molecule has 132 valence electrons. The summed E-state index contributed by atoms with van der Waals surface area (Å²) < 4.78 is 5.22. The van der Waals surface area contributed by atoms with Crippen molar-refractivity contribution in [3.63, 3.8) is 0 Å². The Hall–Kier alpha value is -2.04. The van der Waals surface area contributed by atoms with Crippen LogP contribution in [0.4, 0.5) is 5.69 Å². The molecule has 2 aromatic carbocycles. The van der Waals surface area contributed by atoms with Gasteiger partial charge in [-0.1, -0.05) is 47.0 Å². The van der Waals surface area contributed by atoms with Crippen LogP contribution >= 0.6 is 23.2 Å². The van der Waals surface area contributed by atoms with Gasteiger partial charge in [-0.3, -0.25) is 4.79 Å². The van der Waals surface area contributed by atoms with Crippen molar-refractivity contribution in [3.05, 3.63) is 62.6 Å². The summed E-state index contributed by atoms with van der Waals surface area (Å²) >= 11 is 11.9. The zero-order valence-electron chi connectivity index (χ0n) is 14.4. The fourth-order valence-electron chi connectivity index (χ4n) is 2.54. The lowest BCUT2D eigenvalue weighted by Gasteiger charge is -2.17. The first-order valence-electron chi connectivity index (χ1n) is 7.74. The summed E-state index contributed by atoms with van der Waals surface area (Å²) in [6.07, 6.45) is -0.984. The van der Waals surface area contributed by atoms with Crippen LogP contribution in [0.25, 0.3) is 0 Å². The number of rotatable bonds is 4. The standard InChI is InChI=1S/C19H19Cl2NO3/c1-10-8-11(2)17(12(3)9-10)22-18(23)13(4)25-19(24)14-6-5-7-15(20)16(14)21/h5-9,13H,1-4H3,(H,22,23)/t13-/m0/s1. The molecule has 2 aromatic rings. The molecule has 0 fully saturated rings. The normalized spacial score (nSPS) is 11.8. The Morgan fingerprint density at radius 3 is 2.28 bits per heavy atom. The number of carbonyl (C=O) groups is 2. The van der Waals surface area contributed by atoms with E-state index < -0.39 is 18.0 Å². The van der Waals surface area contributed by atoms with Crippen LogP contribution in [0.1, 0.15) is 34.0 Å². The van der Waals surface area contributed by atoms with Gasteiger partial charge in [-0.2, -0.15) is 0 Å². The number of esters is 1. The number of hydrogen-bond donors (Lipinski definition) is 1. The van der Waals surface area contributed by atoms with Crippen molar-refractivity contribution in [1.82, 2.24) is 0 Å². The molecule has 25 heavy (non-hydrogen) atoms. The predicted octanol–water partition coefficient (Wildman–Crippen LogP) is 5.10. The zero-order valence-corrected chi connectivity index (χ0v) is 16.0. The highest BCUT2D eigenvalue weighted by Gasteiger charge is 2.22. The van der Waals surface area contributed by atoms with E-state index >= 15 is 0 Å². The summed E-state index contributed by atoms with van der Waals surface area (Å²) in [6.45, 7) is 7.32. The van der Waals surface area contributed by atoms with E-state index in [-0.39, 0.29) is 15.6 Å². The van der Waals surface area contributed by atoms with Crippen LogP contribution in [-0.2, 0) is 9.53 Å². The van der Waals surface area contributed by atoms with E-state index in [1.165, 1.54) is 13.0 Å². The molecule has 2 rings (SSSR count). The second-order valence-corrected chi connectivity index (χ2v) is 6.70.